The van der Waals surface area contributed by atoms with E-state index in [4.69, 9.17) is 9.47 Å². The molecule has 2 heterocycles. The summed E-state index contributed by atoms with van der Waals surface area (Å²) >= 11 is 0. The average molecular weight is 459 g/mol. The molecule has 2 aromatic carbocycles. The second kappa shape index (κ2) is 9.79. The first-order valence-electron chi connectivity index (χ1n) is 11.1. The molecule has 3 aromatic rings. The number of Topliss-reactive ketones (excluding diaryl/α,β-unsaturated/α-hetero) is 1. The SMILES string of the molecule is CCOc1cccc(N2C(=O)C(=O)/C(=C(/O)c3cccc(OC(C)C)c3)C2c2ccccn2)c1. The molecule has 174 valence electrons. The fraction of sp³-hybridized carbons (Fsp3) is 0.222. The third-order valence-corrected chi connectivity index (χ3v) is 5.30. The van der Waals surface area contributed by atoms with Crippen LogP contribution in [0.15, 0.2) is 78.5 Å². The molecule has 1 atom stereocenters. The number of aliphatic hydroxyl groups excluding tert-OH is 1. The van der Waals surface area contributed by atoms with Crippen LogP contribution in [0.25, 0.3) is 5.76 Å². The molecule has 1 amide bonds. The Hall–Kier alpha value is -4.13. The number of aromatic nitrogens is 1. The van der Waals surface area contributed by atoms with Gasteiger partial charge in [0.05, 0.1) is 24.0 Å². The van der Waals surface area contributed by atoms with E-state index in [2.05, 4.69) is 4.98 Å². The topological polar surface area (TPSA) is 89.0 Å². The minimum atomic E-state index is -0.909. The van der Waals surface area contributed by atoms with Crippen LogP contribution in [0.3, 0.4) is 0 Å². The molecule has 0 bridgehead atoms. The molecule has 1 aromatic heterocycles. The van der Waals surface area contributed by atoms with Gasteiger partial charge in [-0.3, -0.25) is 19.5 Å². The van der Waals surface area contributed by atoms with Crippen molar-refractivity contribution in [3.05, 3.63) is 89.8 Å². The Morgan fingerprint density at radius 1 is 1.03 bits per heavy atom. The van der Waals surface area contributed by atoms with Gasteiger partial charge in [0.25, 0.3) is 11.7 Å². The van der Waals surface area contributed by atoms with E-state index in [1.807, 2.05) is 20.8 Å². The van der Waals surface area contributed by atoms with Gasteiger partial charge in [-0.25, -0.2) is 0 Å². The second-order valence-electron chi connectivity index (χ2n) is 8.05. The zero-order valence-electron chi connectivity index (χ0n) is 19.3. The maximum absolute atomic E-state index is 13.3. The third kappa shape index (κ3) is 4.50. The number of hydrogen-bond acceptors (Lipinski definition) is 6. The van der Waals surface area contributed by atoms with Crippen molar-refractivity contribution < 1.29 is 24.2 Å². The second-order valence-corrected chi connectivity index (χ2v) is 8.05. The molecule has 0 saturated carbocycles. The lowest BCUT2D eigenvalue weighted by atomic mass is 9.98. The van der Waals surface area contributed by atoms with Crippen molar-refractivity contribution in [2.75, 3.05) is 11.5 Å². The number of carbonyl (C=O) groups excluding carboxylic acids is 2. The first kappa shape index (κ1) is 23.0. The van der Waals surface area contributed by atoms with Crippen molar-refractivity contribution in [3.63, 3.8) is 0 Å². The van der Waals surface area contributed by atoms with Crippen molar-refractivity contribution in [2.24, 2.45) is 0 Å². The van der Waals surface area contributed by atoms with Crippen LogP contribution in [0.1, 0.15) is 38.1 Å². The minimum absolute atomic E-state index is 0.0350. The molecule has 0 aliphatic carbocycles. The summed E-state index contributed by atoms with van der Waals surface area (Å²) < 4.78 is 11.3. The highest BCUT2D eigenvalue weighted by Crippen LogP contribution is 2.42. The lowest BCUT2D eigenvalue weighted by Crippen LogP contribution is -2.29. The third-order valence-electron chi connectivity index (χ3n) is 5.30. The van der Waals surface area contributed by atoms with Crippen LogP contribution in [0.4, 0.5) is 5.69 Å². The summed E-state index contributed by atoms with van der Waals surface area (Å²) in [6.45, 7) is 6.12. The maximum Gasteiger partial charge on any atom is 0.300 e. The van der Waals surface area contributed by atoms with Gasteiger partial charge in [-0.05, 0) is 57.2 Å². The summed E-state index contributed by atoms with van der Waals surface area (Å²) in [4.78, 5) is 32.3. The zero-order valence-corrected chi connectivity index (χ0v) is 19.3. The Morgan fingerprint density at radius 3 is 2.50 bits per heavy atom. The molecule has 1 unspecified atom stereocenters. The van der Waals surface area contributed by atoms with Gasteiger partial charge in [-0.15, -0.1) is 0 Å². The molecule has 4 rings (SSSR count). The standard InChI is InChI=1S/C27H26N2O5/c1-4-33-20-11-8-10-19(16-20)29-24(22-13-5-6-14-28-22)23(26(31)27(29)32)25(30)18-9-7-12-21(15-18)34-17(2)3/h5-17,24,30H,4H2,1-3H3/b25-23+. The maximum atomic E-state index is 13.3. The highest BCUT2D eigenvalue weighted by molar-refractivity contribution is 6.51. The number of pyridine rings is 1. The summed E-state index contributed by atoms with van der Waals surface area (Å²) in [5, 5.41) is 11.3. The number of ketones is 1. The molecular weight excluding hydrogens is 432 g/mol. The van der Waals surface area contributed by atoms with Crippen molar-refractivity contribution in [3.8, 4) is 11.5 Å². The van der Waals surface area contributed by atoms with Crippen LogP contribution < -0.4 is 14.4 Å². The van der Waals surface area contributed by atoms with Gasteiger partial charge >= 0.3 is 0 Å². The largest absolute Gasteiger partial charge is 0.507 e. The van der Waals surface area contributed by atoms with Crippen LogP contribution in [-0.4, -0.2) is 34.5 Å². The summed E-state index contributed by atoms with van der Waals surface area (Å²) in [7, 11) is 0. The van der Waals surface area contributed by atoms with Crippen molar-refractivity contribution in [2.45, 2.75) is 32.9 Å². The smallest absolute Gasteiger partial charge is 0.300 e. The number of nitrogens with zero attached hydrogens (tertiary/aromatic N) is 2. The van der Waals surface area contributed by atoms with Gasteiger partial charge in [0, 0.05) is 23.5 Å². The molecule has 34 heavy (non-hydrogen) atoms. The number of ether oxygens (including phenoxy) is 2. The Morgan fingerprint density at radius 2 is 1.79 bits per heavy atom. The van der Waals surface area contributed by atoms with Gasteiger partial charge in [-0.2, -0.15) is 0 Å². The Kier molecular flexibility index (Phi) is 6.63. The van der Waals surface area contributed by atoms with Crippen molar-refractivity contribution in [1.82, 2.24) is 4.98 Å². The number of hydrogen-bond donors (Lipinski definition) is 1. The molecule has 1 saturated heterocycles. The van der Waals surface area contributed by atoms with Crippen molar-refractivity contribution in [1.29, 1.82) is 0 Å². The molecule has 1 aliphatic rings. The van der Waals surface area contributed by atoms with Gasteiger partial charge < -0.3 is 14.6 Å². The van der Waals surface area contributed by atoms with Gasteiger partial charge in [0.1, 0.15) is 23.3 Å². The Labute approximate surface area is 198 Å². The molecule has 1 N–H and O–H groups in total. The number of rotatable bonds is 7. The Balaban J connectivity index is 1.88. The number of anilines is 1. The van der Waals surface area contributed by atoms with Crippen LogP contribution in [0.5, 0.6) is 11.5 Å². The average Bonchev–Trinajstić information content (AvgIpc) is 3.10. The highest BCUT2D eigenvalue weighted by atomic mass is 16.5. The van der Waals surface area contributed by atoms with E-state index in [0.29, 0.717) is 35.1 Å². The summed E-state index contributed by atoms with van der Waals surface area (Å²) in [6, 6.07) is 18.1. The fourth-order valence-corrected chi connectivity index (χ4v) is 3.95. The molecule has 7 heteroatoms. The van der Waals surface area contributed by atoms with Gasteiger partial charge in [0.2, 0.25) is 0 Å². The van der Waals surface area contributed by atoms with E-state index >= 15 is 0 Å². The first-order chi connectivity index (χ1) is 16.4. The number of carbonyl (C=O) groups is 2. The van der Waals surface area contributed by atoms with E-state index in [-0.39, 0.29) is 17.4 Å². The van der Waals surface area contributed by atoms with E-state index in [1.54, 1.807) is 72.9 Å². The molecule has 1 fully saturated rings. The molecule has 7 nitrogen and oxygen atoms in total. The number of aliphatic hydroxyl groups is 1. The highest BCUT2D eigenvalue weighted by Gasteiger charge is 2.47. The Bertz CT molecular complexity index is 1240. The van der Waals surface area contributed by atoms with Crippen molar-refractivity contribution >= 4 is 23.1 Å². The lowest BCUT2D eigenvalue weighted by Gasteiger charge is -2.25. The van der Waals surface area contributed by atoms with Crippen LogP contribution >= 0.6 is 0 Å². The van der Waals surface area contributed by atoms with Crippen LogP contribution in [0, 0.1) is 0 Å². The van der Waals surface area contributed by atoms with E-state index < -0.39 is 17.7 Å². The summed E-state index contributed by atoms with van der Waals surface area (Å²) in [5.41, 5.74) is 1.27. The predicted molar refractivity (Wildman–Crippen MR) is 129 cm³/mol. The summed E-state index contributed by atoms with van der Waals surface area (Å²) in [6.07, 6.45) is 1.53. The quantitative estimate of drug-likeness (QED) is 0.308. The molecule has 0 spiro atoms. The van der Waals surface area contributed by atoms with Crippen LogP contribution in [-0.2, 0) is 9.59 Å². The van der Waals surface area contributed by atoms with E-state index in [9.17, 15) is 14.7 Å². The monoisotopic (exact) mass is 458 g/mol. The number of benzene rings is 2. The summed E-state index contributed by atoms with van der Waals surface area (Å²) in [5.74, 6) is -0.704. The molecule has 1 aliphatic heterocycles. The predicted octanol–water partition coefficient (Wildman–Crippen LogP) is 4.89. The van der Waals surface area contributed by atoms with Gasteiger partial charge in [0.15, 0.2) is 0 Å². The molecule has 0 radical (unpaired) electrons. The fourth-order valence-electron chi connectivity index (χ4n) is 3.95. The minimum Gasteiger partial charge on any atom is -0.507 e. The first-order valence-corrected chi connectivity index (χ1v) is 11.1. The van der Waals surface area contributed by atoms with Crippen LogP contribution in [0.2, 0.25) is 0 Å². The van der Waals surface area contributed by atoms with Gasteiger partial charge in [-0.1, -0.05) is 24.3 Å². The normalized spacial score (nSPS) is 17.3. The van der Waals surface area contributed by atoms with E-state index in [1.165, 1.54) is 4.90 Å². The molecular formula is C27H26N2O5. The zero-order chi connectivity index (χ0) is 24.2. The lowest BCUT2D eigenvalue weighted by molar-refractivity contribution is -0.132. The number of amides is 1. The van der Waals surface area contributed by atoms with E-state index in [0.717, 1.165) is 0 Å².